The van der Waals surface area contributed by atoms with Crippen LogP contribution in [0.3, 0.4) is 0 Å². The van der Waals surface area contributed by atoms with E-state index in [1.54, 1.807) is 30.1 Å². The second-order valence-electron chi connectivity index (χ2n) is 5.75. The molecule has 1 N–H and O–H groups in total. The number of rotatable bonds is 5. The number of aromatic nitrogens is 3. The van der Waals surface area contributed by atoms with Gasteiger partial charge >= 0.3 is 0 Å². The van der Waals surface area contributed by atoms with E-state index in [0.29, 0.717) is 17.8 Å². The van der Waals surface area contributed by atoms with Gasteiger partial charge in [-0.05, 0) is 12.5 Å². The highest BCUT2D eigenvalue weighted by molar-refractivity contribution is 7.91. The van der Waals surface area contributed by atoms with E-state index in [1.165, 1.54) is 12.3 Å². The lowest BCUT2D eigenvalue weighted by Gasteiger charge is -2.24. The maximum atomic E-state index is 13.6. The van der Waals surface area contributed by atoms with Crippen LogP contribution in [0.1, 0.15) is 12.0 Å². The Morgan fingerprint density at radius 1 is 1.38 bits per heavy atom. The minimum absolute atomic E-state index is 0.117. The number of hydrogen-bond acceptors (Lipinski definition) is 7. The monoisotopic (exact) mass is 351 g/mol. The molecule has 24 heavy (non-hydrogen) atoms. The largest absolute Gasteiger partial charge is 0.354 e. The van der Waals surface area contributed by atoms with Gasteiger partial charge in [0.2, 0.25) is 5.95 Å². The van der Waals surface area contributed by atoms with Crippen molar-refractivity contribution in [2.75, 3.05) is 28.8 Å². The van der Waals surface area contributed by atoms with Gasteiger partial charge < -0.3 is 10.2 Å². The van der Waals surface area contributed by atoms with Gasteiger partial charge in [-0.3, -0.25) is 0 Å². The van der Waals surface area contributed by atoms with Gasteiger partial charge in [-0.2, -0.15) is 10.1 Å². The summed E-state index contributed by atoms with van der Waals surface area (Å²) in [6.45, 7) is 0.235. The average molecular weight is 351 g/mol. The number of anilines is 2. The molecule has 0 spiro atoms. The van der Waals surface area contributed by atoms with Gasteiger partial charge in [0, 0.05) is 25.2 Å². The lowest BCUT2D eigenvalue weighted by Crippen LogP contribution is -2.33. The van der Waals surface area contributed by atoms with Crippen LogP contribution < -0.4 is 10.2 Å². The molecule has 0 amide bonds. The Labute approximate surface area is 139 Å². The summed E-state index contributed by atoms with van der Waals surface area (Å²) >= 11 is 0. The molecule has 128 valence electrons. The minimum atomic E-state index is -2.97. The van der Waals surface area contributed by atoms with Crippen LogP contribution >= 0.6 is 0 Å². The maximum absolute atomic E-state index is 13.6. The Hall–Kier alpha value is -2.29. The maximum Gasteiger partial charge on any atom is 0.244 e. The molecular formula is C15H18FN5O2S. The molecule has 1 aliphatic rings. The highest BCUT2D eigenvalue weighted by Gasteiger charge is 2.31. The fourth-order valence-corrected chi connectivity index (χ4v) is 4.40. The van der Waals surface area contributed by atoms with Crippen LogP contribution in [0.5, 0.6) is 0 Å². The van der Waals surface area contributed by atoms with Crippen molar-refractivity contribution >= 4 is 21.6 Å². The zero-order valence-electron chi connectivity index (χ0n) is 13.2. The summed E-state index contributed by atoms with van der Waals surface area (Å²) in [7, 11) is -1.18. The molecule has 9 heteroatoms. The fraction of sp³-hybridized carbons (Fsp3) is 0.400. The molecule has 7 nitrogen and oxygen atoms in total. The lowest BCUT2D eigenvalue weighted by molar-refractivity contribution is 0.600. The van der Waals surface area contributed by atoms with Gasteiger partial charge in [-0.25, -0.2) is 12.8 Å². The number of halogens is 1. The van der Waals surface area contributed by atoms with Crippen molar-refractivity contribution in [3.8, 4) is 0 Å². The Bertz CT molecular complexity index is 830. The Kier molecular flexibility index (Phi) is 4.61. The molecule has 1 aromatic heterocycles. The summed E-state index contributed by atoms with van der Waals surface area (Å²) in [6, 6.07) is 6.33. The molecule has 1 unspecified atom stereocenters. The Balaban J connectivity index is 1.69. The van der Waals surface area contributed by atoms with E-state index < -0.39 is 9.84 Å². The first-order valence-electron chi connectivity index (χ1n) is 7.55. The lowest BCUT2D eigenvalue weighted by atomic mass is 10.2. The van der Waals surface area contributed by atoms with Gasteiger partial charge in [0.15, 0.2) is 15.7 Å². The van der Waals surface area contributed by atoms with Crippen LogP contribution in [0, 0.1) is 5.82 Å². The predicted octanol–water partition coefficient (Wildman–Crippen LogP) is 1.25. The van der Waals surface area contributed by atoms with Crippen LogP contribution in [-0.4, -0.2) is 48.2 Å². The van der Waals surface area contributed by atoms with Gasteiger partial charge in [0.1, 0.15) is 5.82 Å². The standard InChI is InChI=1S/C15H18FN5O2S/c1-21(12-6-7-24(22,23)10-12)14-9-18-20-15(19-14)17-8-11-4-2-3-5-13(11)16/h2-5,9,12H,6-8,10H2,1H3,(H,17,19,20). The number of sulfone groups is 1. The zero-order chi connectivity index (χ0) is 17.2. The summed E-state index contributed by atoms with van der Waals surface area (Å²) in [4.78, 5) is 6.13. The van der Waals surface area contributed by atoms with Crippen molar-refractivity contribution in [1.29, 1.82) is 0 Å². The van der Waals surface area contributed by atoms with Crippen LogP contribution in [0.15, 0.2) is 30.5 Å². The van der Waals surface area contributed by atoms with Gasteiger partial charge in [0.25, 0.3) is 0 Å². The van der Waals surface area contributed by atoms with Crippen LogP contribution in [-0.2, 0) is 16.4 Å². The second-order valence-corrected chi connectivity index (χ2v) is 7.98. The predicted molar refractivity (Wildman–Crippen MR) is 89.0 cm³/mol. The minimum Gasteiger partial charge on any atom is -0.354 e. The van der Waals surface area contributed by atoms with Crippen molar-refractivity contribution in [2.24, 2.45) is 0 Å². The first-order chi connectivity index (χ1) is 11.4. The number of nitrogens with one attached hydrogen (secondary N) is 1. The van der Waals surface area contributed by atoms with E-state index in [0.717, 1.165) is 0 Å². The molecule has 1 atom stereocenters. The molecule has 0 aliphatic carbocycles. The van der Waals surface area contributed by atoms with Crippen LogP contribution in [0.25, 0.3) is 0 Å². The SMILES string of the molecule is CN(c1cnnc(NCc2ccccc2F)n1)C1CCS(=O)(=O)C1. The third kappa shape index (κ3) is 3.78. The first-order valence-corrected chi connectivity index (χ1v) is 9.37. The second kappa shape index (κ2) is 6.68. The number of nitrogens with zero attached hydrogens (tertiary/aromatic N) is 4. The highest BCUT2D eigenvalue weighted by atomic mass is 32.2. The van der Waals surface area contributed by atoms with Crippen molar-refractivity contribution in [1.82, 2.24) is 15.2 Å². The molecule has 1 aliphatic heterocycles. The molecular weight excluding hydrogens is 333 g/mol. The molecule has 1 fully saturated rings. The van der Waals surface area contributed by atoms with Gasteiger partial charge in [0.05, 0.1) is 17.7 Å². The molecule has 0 radical (unpaired) electrons. The molecule has 0 bridgehead atoms. The first kappa shape index (κ1) is 16.6. The van der Waals surface area contributed by atoms with Crippen LogP contribution in [0.2, 0.25) is 0 Å². The number of hydrogen-bond donors (Lipinski definition) is 1. The normalized spacial score (nSPS) is 19.2. The van der Waals surface area contributed by atoms with E-state index in [9.17, 15) is 12.8 Å². The Morgan fingerprint density at radius 3 is 2.88 bits per heavy atom. The van der Waals surface area contributed by atoms with Crippen molar-refractivity contribution < 1.29 is 12.8 Å². The van der Waals surface area contributed by atoms with E-state index in [2.05, 4.69) is 20.5 Å². The van der Waals surface area contributed by atoms with Crippen molar-refractivity contribution in [2.45, 2.75) is 19.0 Å². The Morgan fingerprint density at radius 2 is 2.17 bits per heavy atom. The molecule has 1 saturated heterocycles. The molecule has 1 aromatic carbocycles. The van der Waals surface area contributed by atoms with Gasteiger partial charge in [-0.1, -0.05) is 18.2 Å². The third-order valence-corrected chi connectivity index (χ3v) is 5.81. The molecule has 3 rings (SSSR count). The van der Waals surface area contributed by atoms with Crippen molar-refractivity contribution in [3.05, 3.63) is 41.8 Å². The summed E-state index contributed by atoms with van der Waals surface area (Å²) in [6.07, 6.45) is 2.06. The summed E-state index contributed by atoms with van der Waals surface area (Å²) in [5, 5.41) is 10.7. The third-order valence-electron chi connectivity index (χ3n) is 4.06. The molecule has 2 aromatic rings. The summed E-state index contributed by atoms with van der Waals surface area (Å²) in [5.41, 5.74) is 0.502. The van der Waals surface area contributed by atoms with Gasteiger partial charge in [-0.15, -0.1) is 5.10 Å². The highest BCUT2D eigenvalue weighted by Crippen LogP contribution is 2.21. The summed E-state index contributed by atoms with van der Waals surface area (Å²) in [5.74, 6) is 0.804. The van der Waals surface area contributed by atoms with E-state index in [4.69, 9.17) is 0 Å². The topological polar surface area (TPSA) is 88.1 Å². The molecule has 2 heterocycles. The summed E-state index contributed by atoms with van der Waals surface area (Å²) < 4.78 is 36.8. The van der Waals surface area contributed by atoms with Crippen molar-refractivity contribution in [3.63, 3.8) is 0 Å². The fourth-order valence-electron chi connectivity index (χ4n) is 2.62. The average Bonchev–Trinajstić information content (AvgIpc) is 2.94. The van der Waals surface area contributed by atoms with E-state index in [-0.39, 0.29) is 35.9 Å². The van der Waals surface area contributed by atoms with E-state index >= 15 is 0 Å². The zero-order valence-corrected chi connectivity index (χ0v) is 14.0. The smallest absolute Gasteiger partial charge is 0.244 e. The molecule has 0 saturated carbocycles. The van der Waals surface area contributed by atoms with Crippen LogP contribution in [0.4, 0.5) is 16.2 Å². The van der Waals surface area contributed by atoms with E-state index in [1.807, 2.05) is 0 Å². The number of benzene rings is 1. The quantitative estimate of drug-likeness (QED) is 0.867.